The number of rotatable bonds is 6. The van der Waals surface area contributed by atoms with Crippen LogP contribution in [0.5, 0.6) is 5.75 Å². The molecule has 1 aromatic heterocycles. The van der Waals surface area contributed by atoms with Gasteiger partial charge in [-0.25, -0.2) is 4.98 Å². The van der Waals surface area contributed by atoms with Crippen LogP contribution in [-0.4, -0.2) is 22.1 Å². The van der Waals surface area contributed by atoms with E-state index in [0.717, 1.165) is 12.2 Å². The number of carbonyl (C=O) groups excluding carboxylic acids is 1. The van der Waals surface area contributed by atoms with E-state index >= 15 is 0 Å². The third-order valence-electron chi connectivity index (χ3n) is 5.01. The monoisotopic (exact) mass is 479 g/mol. The average Bonchev–Trinajstić information content (AvgIpc) is 3.22. The first-order valence-electron chi connectivity index (χ1n) is 10.5. The summed E-state index contributed by atoms with van der Waals surface area (Å²) in [6, 6.07) is 19.7. The summed E-state index contributed by atoms with van der Waals surface area (Å²) in [5.41, 5.74) is 3.12. The van der Waals surface area contributed by atoms with Crippen LogP contribution in [0.4, 0.5) is 5.69 Å². The Hall–Kier alpha value is -3.42. The lowest BCUT2D eigenvalue weighted by atomic mass is 10.2. The predicted octanol–water partition coefficient (Wildman–Crippen LogP) is 6.45. The molecule has 6 nitrogen and oxygen atoms in total. The summed E-state index contributed by atoms with van der Waals surface area (Å²) in [4.78, 5) is 17.0. The zero-order valence-corrected chi connectivity index (χ0v) is 19.7. The number of aromatic nitrogens is 1. The molecule has 0 aliphatic rings. The number of hydrogen-bond acceptors (Lipinski definition) is 5. The Bertz CT molecular complexity index is 1300. The van der Waals surface area contributed by atoms with Crippen molar-refractivity contribution in [3.05, 3.63) is 77.3 Å². The quantitative estimate of drug-likeness (QED) is 0.309. The molecule has 0 saturated carbocycles. The van der Waals surface area contributed by atoms with Crippen molar-refractivity contribution in [2.24, 2.45) is 0 Å². The third-order valence-corrected chi connectivity index (χ3v) is 5.54. The van der Waals surface area contributed by atoms with Crippen molar-refractivity contribution in [3.8, 4) is 17.2 Å². The van der Waals surface area contributed by atoms with Crippen LogP contribution >= 0.6 is 23.8 Å². The number of oxazole rings is 1. The molecule has 4 aromatic rings. The number of nitrogens with one attached hydrogen (secondary N) is 2. The van der Waals surface area contributed by atoms with Gasteiger partial charge in [0.1, 0.15) is 11.3 Å². The molecule has 0 unspecified atom stereocenters. The van der Waals surface area contributed by atoms with Gasteiger partial charge in [-0.05, 0) is 80.2 Å². The Morgan fingerprint density at radius 3 is 2.64 bits per heavy atom. The first-order valence-corrected chi connectivity index (χ1v) is 11.3. The molecule has 2 N–H and O–H groups in total. The number of carbonyl (C=O) groups is 1. The first kappa shape index (κ1) is 22.8. The maximum Gasteiger partial charge on any atom is 0.257 e. The number of ether oxygens (including phenoxy) is 1. The third kappa shape index (κ3) is 5.50. The van der Waals surface area contributed by atoms with Crippen LogP contribution in [0, 0.1) is 0 Å². The van der Waals surface area contributed by atoms with Crippen molar-refractivity contribution >= 4 is 51.6 Å². The topological polar surface area (TPSA) is 76.4 Å². The fourth-order valence-electron chi connectivity index (χ4n) is 3.09. The lowest BCUT2D eigenvalue weighted by molar-refractivity contribution is 0.0977. The van der Waals surface area contributed by atoms with E-state index in [0.29, 0.717) is 38.8 Å². The summed E-state index contributed by atoms with van der Waals surface area (Å²) in [6.45, 7) is 4.05. The highest BCUT2D eigenvalue weighted by Crippen LogP contribution is 2.30. The standard InChI is InChI=1S/C25H22ClN3O3S/c1-3-15(2)31-18-11-8-16(9-12-18)23(30)29-25(33)27-17-10-13-22-21(14-17)28-24(32-22)19-6-4-5-7-20(19)26/h4-15H,3H2,1-2H3,(H2,27,29,30,33)/t15-/m0/s1. The van der Waals surface area contributed by atoms with Gasteiger partial charge in [0.25, 0.3) is 5.91 Å². The number of halogens is 1. The Morgan fingerprint density at radius 2 is 1.91 bits per heavy atom. The van der Waals surface area contributed by atoms with Crippen LogP contribution in [0.1, 0.15) is 30.6 Å². The second kappa shape index (κ2) is 10.0. The maximum absolute atomic E-state index is 12.5. The van der Waals surface area contributed by atoms with E-state index in [2.05, 4.69) is 22.5 Å². The highest BCUT2D eigenvalue weighted by molar-refractivity contribution is 7.80. The first-order chi connectivity index (χ1) is 15.9. The van der Waals surface area contributed by atoms with Gasteiger partial charge in [0.05, 0.1) is 16.7 Å². The summed E-state index contributed by atoms with van der Waals surface area (Å²) in [5, 5.41) is 6.43. The molecule has 0 aliphatic carbocycles. The summed E-state index contributed by atoms with van der Waals surface area (Å²) >= 11 is 11.5. The van der Waals surface area contributed by atoms with Gasteiger partial charge in [0.2, 0.25) is 5.89 Å². The lowest BCUT2D eigenvalue weighted by Crippen LogP contribution is -2.34. The molecule has 3 aromatic carbocycles. The number of thiocarbonyl (C=S) groups is 1. The van der Waals surface area contributed by atoms with Gasteiger partial charge in [-0.2, -0.15) is 0 Å². The molecular formula is C25H22ClN3O3S. The molecule has 0 radical (unpaired) electrons. The normalized spacial score (nSPS) is 11.7. The molecule has 0 saturated heterocycles. The van der Waals surface area contributed by atoms with Crippen molar-refractivity contribution in [2.45, 2.75) is 26.4 Å². The molecule has 168 valence electrons. The largest absolute Gasteiger partial charge is 0.491 e. The van der Waals surface area contributed by atoms with E-state index in [4.69, 9.17) is 33.0 Å². The second-order valence-electron chi connectivity index (χ2n) is 7.45. The van der Waals surface area contributed by atoms with Gasteiger partial charge in [0, 0.05) is 11.3 Å². The summed E-state index contributed by atoms with van der Waals surface area (Å²) in [7, 11) is 0. The highest BCUT2D eigenvalue weighted by Gasteiger charge is 2.13. The van der Waals surface area contributed by atoms with Crippen LogP contribution in [0.2, 0.25) is 5.02 Å². The molecule has 1 heterocycles. The molecule has 33 heavy (non-hydrogen) atoms. The molecule has 4 rings (SSSR count). The lowest BCUT2D eigenvalue weighted by Gasteiger charge is -2.13. The molecule has 0 aliphatic heterocycles. The van der Waals surface area contributed by atoms with Crippen LogP contribution in [0.15, 0.2) is 71.1 Å². The Labute approximate surface area is 201 Å². The zero-order chi connectivity index (χ0) is 23.4. The van der Waals surface area contributed by atoms with Crippen molar-refractivity contribution in [3.63, 3.8) is 0 Å². The van der Waals surface area contributed by atoms with Gasteiger partial charge in [-0.1, -0.05) is 30.7 Å². The van der Waals surface area contributed by atoms with Gasteiger partial charge in [0.15, 0.2) is 10.7 Å². The van der Waals surface area contributed by atoms with Crippen LogP contribution in [0.3, 0.4) is 0 Å². The minimum atomic E-state index is -0.314. The Kier molecular flexibility index (Phi) is 6.91. The predicted molar refractivity (Wildman–Crippen MR) is 135 cm³/mol. The van der Waals surface area contributed by atoms with Gasteiger partial charge in [-0.3, -0.25) is 10.1 Å². The molecule has 0 spiro atoms. The molecule has 1 amide bonds. The number of hydrogen-bond donors (Lipinski definition) is 2. The van der Waals surface area contributed by atoms with Crippen LogP contribution in [0.25, 0.3) is 22.6 Å². The van der Waals surface area contributed by atoms with E-state index in [-0.39, 0.29) is 17.1 Å². The molecule has 0 fully saturated rings. The van der Waals surface area contributed by atoms with Gasteiger partial charge >= 0.3 is 0 Å². The van der Waals surface area contributed by atoms with E-state index < -0.39 is 0 Å². The van der Waals surface area contributed by atoms with E-state index in [1.807, 2.05) is 25.1 Å². The smallest absolute Gasteiger partial charge is 0.257 e. The van der Waals surface area contributed by atoms with E-state index in [1.54, 1.807) is 48.5 Å². The number of nitrogens with zero attached hydrogens (tertiary/aromatic N) is 1. The maximum atomic E-state index is 12.5. The summed E-state index contributed by atoms with van der Waals surface area (Å²) < 4.78 is 11.6. The zero-order valence-electron chi connectivity index (χ0n) is 18.1. The summed E-state index contributed by atoms with van der Waals surface area (Å²) in [6.07, 6.45) is 1.02. The highest BCUT2D eigenvalue weighted by atomic mass is 35.5. The minimum absolute atomic E-state index is 0.115. The van der Waals surface area contributed by atoms with Crippen LogP contribution in [-0.2, 0) is 0 Å². The number of amides is 1. The number of fused-ring (bicyclic) bond motifs is 1. The molecular weight excluding hydrogens is 458 g/mol. The van der Waals surface area contributed by atoms with E-state index in [1.165, 1.54) is 0 Å². The van der Waals surface area contributed by atoms with E-state index in [9.17, 15) is 4.79 Å². The van der Waals surface area contributed by atoms with Crippen LogP contribution < -0.4 is 15.4 Å². The molecule has 1 atom stereocenters. The fourth-order valence-corrected chi connectivity index (χ4v) is 3.52. The SMILES string of the molecule is CC[C@H](C)Oc1ccc(C(=O)NC(=S)Nc2ccc3oc(-c4ccccc4Cl)nc3c2)cc1. The Balaban J connectivity index is 1.41. The average molecular weight is 480 g/mol. The van der Waals surface area contributed by atoms with Crippen molar-refractivity contribution in [1.82, 2.24) is 10.3 Å². The number of benzene rings is 3. The van der Waals surface area contributed by atoms with Crippen molar-refractivity contribution in [1.29, 1.82) is 0 Å². The second-order valence-corrected chi connectivity index (χ2v) is 8.27. The fraction of sp³-hybridized carbons (Fsp3) is 0.160. The van der Waals surface area contributed by atoms with Gasteiger partial charge in [-0.15, -0.1) is 0 Å². The summed E-state index contributed by atoms with van der Waals surface area (Å²) in [5.74, 6) is 0.842. The molecule has 0 bridgehead atoms. The molecule has 8 heteroatoms. The van der Waals surface area contributed by atoms with Gasteiger partial charge < -0.3 is 14.5 Å². The number of anilines is 1. The van der Waals surface area contributed by atoms with Crippen molar-refractivity contribution < 1.29 is 13.9 Å². The Morgan fingerprint density at radius 1 is 1.15 bits per heavy atom. The van der Waals surface area contributed by atoms with Crippen molar-refractivity contribution in [2.75, 3.05) is 5.32 Å². The minimum Gasteiger partial charge on any atom is -0.491 e.